The van der Waals surface area contributed by atoms with Crippen LogP contribution >= 0.6 is 0 Å². The molecule has 9 nitrogen and oxygen atoms in total. The molecule has 0 aliphatic carbocycles. The summed E-state index contributed by atoms with van der Waals surface area (Å²) in [7, 11) is 4.34. The normalized spacial score (nSPS) is 13.1. The predicted octanol–water partition coefficient (Wildman–Crippen LogP) is 2.67. The number of rotatable bonds is 7. The van der Waals surface area contributed by atoms with E-state index in [0.29, 0.717) is 47.6 Å². The molecule has 2 aromatic carbocycles. The lowest BCUT2D eigenvalue weighted by molar-refractivity contribution is -0.123. The number of benzene rings is 2. The van der Waals surface area contributed by atoms with Crippen molar-refractivity contribution in [3.8, 4) is 28.7 Å². The Balaban J connectivity index is 1.68. The van der Waals surface area contributed by atoms with E-state index in [-0.39, 0.29) is 5.56 Å². The molecule has 0 fully saturated rings. The Morgan fingerprint density at radius 1 is 0.933 bits per heavy atom. The molecule has 1 amide bonds. The molecule has 160 valence electrons. The maximum absolute atomic E-state index is 12.5. The van der Waals surface area contributed by atoms with E-state index >= 15 is 0 Å². The van der Waals surface area contributed by atoms with Gasteiger partial charge in [0.2, 0.25) is 5.75 Å². The highest BCUT2D eigenvalue weighted by Crippen LogP contribution is 2.38. The van der Waals surface area contributed by atoms with Crippen molar-refractivity contribution in [1.29, 1.82) is 0 Å². The van der Waals surface area contributed by atoms with Gasteiger partial charge < -0.3 is 33.7 Å². The van der Waals surface area contributed by atoms with E-state index in [0.717, 1.165) is 0 Å². The highest BCUT2D eigenvalue weighted by molar-refractivity contribution is 5.98. The number of carbonyl (C=O) groups excluding carboxylic acids is 2. The summed E-state index contributed by atoms with van der Waals surface area (Å²) in [5.41, 5.74) is 0.656. The molecule has 1 aliphatic rings. The second-order valence-electron chi connectivity index (χ2n) is 6.31. The molecule has 3 rings (SSSR count). The first-order valence-electron chi connectivity index (χ1n) is 9.18. The van der Waals surface area contributed by atoms with Gasteiger partial charge in [-0.1, -0.05) is 0 Å². The third kappa shape index (κ3) is 4.51. The fourth-order valence-electron chi connectivity index (χ4n) is 2.85. The molecule has 1 aliphatic heterocycles. The Labute approximate surface area is 173 Å². The predicted molar refractivity (Wildman–Crippen MR) is 107 cm³/mol. The molecule has 2 aromatic rings. The lowest BCUT2D eigenvalue weighted by atomic mass is 10.2. The van der Waals surface area contributed by atoms with E-state index in [9.17, 15) is 9.59 Å². The molecule has 1 atom stereocenters. The summed E-state index contributed by atoms with van der Waals surface area (Å²) >= 11 is 0. The van der Waals surface area contributed by atoms with Crippen molar-refractivity contribution in [3.05, 3.63) is 35.9 Å². The molecule has 0 bridgehead atoms. The van der Waals surface area contributed by atoms with Gasteiger partial charge in [0.1, 0.15) is 13.2 Å². The highest BCUT2D eigenvalue weighted by Gasteiger charge is 2.23. The fourth-order valence-corrected chi connectivity index (χ4v) is 2.85. The number of fused-ring (bicyclic) bond motifs is 1. The summed E-state index contributed by atoms with van der Waals surface area (Å²) in [6, 6.07) is 7.94. The van der Waals surface area contributed by atoms with Crippen LogP contribution in [0.5, 0.6) is 28.7 Å². The fraction of sp³-hybridized carbons (Fsp3) is 0.333. The van der Waals surface area contributed by atoms with Crippen LogP contribution in [0.2, 0.25) is 0 Å². The molecule has 0 saturated heterocycles. The zero-order chi connectivity index (χ0) is 21.7. The van der Waals surface area contributed by atoms with Crippen LogP contribution in [0.15, 0.2) is 30.3 Å². The molecule has 30 heavy (non-hydrogen) atoms. The average molecular weight is 417 g/mol. The van der Waals surface area contributed by atoms with Gasteiger partial charge in [-0.25, -0.2) is 4.79 Å². The monoisotopic (exact) mass is 417 g/mol. The Morgan fingerprint density at radius 2 is 1.57 bits per heavy atom. The summed E-state index contributed by atoms with van der Waals surface area (Å²) in [5, 5.41) is 2.69. The smallest absolute Gasteiger partial charge is 0.339 e. The average Bonchev–Trinajstić information content (AvgIpc) is 2.77. The van der Waals surface area contributed by atoms with Crippen molar-refractivity contribution in [2.24, 2.45) is 0 Å². The van der Waals surface area contributed by atoms with Crippen LogP contribution in [-0.2, 0) is 9.53 Å². The first-order valence-corrected chi connectivity index (χ1v) is 9.18. The number of esters is 1. The zero-order valence-electron chi connectivity index (χ0n) is 17.1. The summed E-state index contributed by atoms with van der Waals surface area (Å²) in [4.78, 5) is 25.0. The first kappa shape index (κ1) is 21.1. The number of ether oxygens (including phenoxy) is 6. The third-order valence-corrected chi connectivity index (χ3v) is 4.36. The van der Waals surface area contributed by atoms with Crippen LogP contribution in [0.1, 0.15) is 17.3 Å². The molecular weight excluding hydrogens is 394 g/mol. The molecule has 9 heteroatoms. The molecule has 0 aromatic heterocycles. The number of methoxy groups -OCH3 is 3. The summed E-state index contributed by atoms with van der Waals surface area (Å²) in [6.07, 6.45) is -1.05. The Morgan fingerprint density at radius 3 is 2.17 bits per heavy atom. The van der Waals surface area contributed by atoms with Gasteiger partial charge in [-0.2, -0.15) is 0 Å². The van der Waals surface area contributed by atoms with Crippen molar-refractivity contribution < 1.29 is 38.0 Å². The van der Waals surface area contributed by atoms with Gasteiger partial charge in [-0.3, -0.25) is 4.79 Å². The maximum atomic E-state index is 12.5. The third-order valence-electron chi connectivity index (χ3n) is 4.36. The van der Waals surface area contributed by atoms with Gasteiger partial charge >= 0.3 is 5.97 Å². The minimum atomic E-state index is -1.05. The topological polar surface area (TPSA) is 102 Å². The quantitative estimate of drug-likeness (QED) is 0.686. The largest absolute Gasteiger partial charge is 0.493 e. The molecule has 0 spiro atoms. The number of nitrogens with one attached hydrogen (secondary N) is 1. The lowest BCUT2D eigenvalue weighted by Crippen LogP contribution is -2.30. The Kier molecular flexibility index (Phi) is 6.51. The van der Waals surface area contributed by atoms with Crippen molar-refractivity contribution in [3.63, 3.8) is 0 Å². The van der Waals surface area contributed by atoms with Crippen molar-refractivity contribution >= 4 is 17.6 Å². The number of hydrogen-bond donors (Lipinski definition) is 1. The van der Waals surface area contributed by atoms with E-state index in [1.54, 1.807) is 18.2 Å². The second-order valence-corrected chi connectivity index (χ2v) is 6.31. The van der Waals surface area contributed by atoms with Gasteiger partial charge in [0.05, 0.1) is 26.9 Å². The Bertz CT molecular complexity index is 918. The first-order chi connectivity index (χ1) is 14.5. The van der Waals surface area contributed by atoms with Gasteiger partial charge in [0.15, 0.2) is 29.1 Å². The van der Waals surface area contributed by atoms with Crippen molar-refractivity contribution in [1.82, 2.24) is 0 Å². The van der Waals surface area contributed by atoms with E-state index in [1.807, 2.05) is 0 Å². The van der Waals surface area contributed by atoms with Crippen molar-refractivity contribution in [2.75, 3.05) is 39.9 Å². The van der Waals surface area contributed by atoms with Crippen LogP contribution in [0, 0.1) is 0 Å². The van der Waals surface area contributed by atoms with Crippen LogP contribution < -0.4 is 29.0 Å². The summed E-state index contributed by atoms with van der Waals surface area (Å²) in [5.74, 6) is 0.907. The van der Waals surface area contributed by atoms with E-state index in [4.69, 9.17) is 28.4 Å². The second kappa shape index (κ2) is 9.25. The van der Waals surface area contributed by atoms with Gasteiger partial charge in [-0.15, -0.1) is 0 Å². The summed E-state index contributed by atoms with van der Waals surface area (Å²) < 4.78 is 31.9. The van der Waals surface area contributed by atoms with Crippen LogP contribution in [0.3, 0.4) is 0 Å². The maximum Gasteiger partial charge on any atom is 0.339 e. The van der Waals surface area contributed by atoms with Crippen molar-refractivity contribution in [2.45, 2.75) is 13.0 Å². The number of carbonyl (C=O) groups is 2. The van der Waals surface area contributed by atoms with E-state index in [1.165, 1.54) is 40.4 Å². The van der Waals surface area contributed by atoms with Crippen LogP contribution in [0.25, 0.3) is 0 Å². The summed E-state index contributed by atoms with van der Waals surface area (Å²) in [6.45, 7) is 2.39. The Hall–Kier alpha value is -3.62. The minimum absolute atomic E-state index is 0.156. The number of amides is 1. The minimum Gasteiger partial charge on any atom is -0.493 e. The standard InChI is InChI=1S/C21H23NO8/c1-12(20(23)22-14-5-6-15-16(11-14)29-8-7-28-15)30-21(24)13-9-17(25-2)19(27-4)18(10-13)26-3/h5-6,9-12H,7-8H2,1-4H3,(H,22,23)/t12-/m1/s1. The van der Waals surface area contributed by atoms with Gasteiger partial charge in [-0.05, 0) is 31.2 Å². The number of hydrogen-bond acceptors (Lipinski definition) is 8. The van der Waals surface area contributed by atoms with Gasteiger partial charge in [0.25, 0.3) is 5.91 Å². The molecule has 1 heterocycles. The van der Waals surface area contributed by atoms with Gasteiger partial charge in [0, 0.05) is 11.8 Å². The molecular formula is C21H23NO8. The molecule has 0 unspecified atom stereocenters. The molecule has 1 N–H and O–H groups in total. The highest BCUT2D eigenvalue weighted by atomic mass is 16.6. The van der Waals surface area contributed by atoms with E-state index < -0.39 is 18.0 Å². The van der Waals surface area contributed by atoms with Crippen LogP contribution in [0.4, 0.5) is 5.69 Å². The molecule has 0 radical (unpaired) electrons. The number of anilines is 1. The zero-order valence-corrected chi connectivity index (χ0v) is 17.1. The van der Waals surface area contributed by atoms with E-state index in [2.05, 4.69) is 5.32 Å². The lowest BCUT2D eigenvalue weighted by Gasteiger charge is -2.19. The van der Waals surface area contributed by atoms with Crippen LogP contribution in [-0.4, -0.2) is 52.5 Å². The molecule has 0 saturated carbocycles. The SMILES string of the molecule is COc1cc(C(=O)O[C@H](C)C(=O)Nc2ccc3c(c2)OCCO3)cc(OC)c1OC.